The second kappa shape index (κ2) is 11.2. The van der Waals surface area contributed by atoms with E-state index in [0.29, 0.717) is 19.6 Å². The van der Waals surface area contributed by atoms with Gasteiger partial charge in [0.15, 0.2) is 0 Å². The maximum Gasteiger partial charge on any atom is 0.410 e. The van der Waals surface area contributed by atoms with Crippen LogP contribution in [0, 0.1) is 0 Å². The van der Waals surface area contributed by atoms with Gasteiger partial charge in [-0.1, -0.05) is 60.7 Å². The Kier molecular flexibility index (Phi) is 8.09. The lowest BCUT2D eigenvalue weighted by Crippen LogP contribution is -2.45. The van der Waals surface area contributed by atoms with Gasteiger partial charge in [-0.15, -0.1) is 0 Å². The number of hydrogen-bond donors (Lipinski definition) is 2. The van der Waals surface area contributed by atoms with Crippen LogP contribution in [-0.2, 0) is 22.7 Å². The lowest BCUT2D eigenvalue weighted by atomic mass is 10.2. The van der Waals surface area contributed by atoms with Crippen LogP contribution in [-0.4, -0.2) is 48.8 Å². The first-order valence-corrected chi connectivity index (χ1v) is 10.3. The zero-order chi connectivity index (χ0) is 21.2. The van der Waals surface area contributed by atoms with Crippen LogP contribution in [0.4, 0.5) is 9.59 Å². The molecule has 0 aliphatic carbocycles. The molecular weight excluding hydrogens is 382 g/mol. The molecule has 2 amide bonds. The highest BCUT2D eigenvalue weighted by molar-refractivity contribution is 5.68. The van der Waals surface area contributed by atoms with Gasteiger partial charge in [-0.2, -0.15) is 0 Å². The van der Waals surface area contributed by atoms with E-state index in [1.807, 2.05) is 67.6 Å². The number of alkyl carbamates (subject to hydrolysis) is 1. The number of amides is 2. The molecule has 1 fully saturated rings. The van der Waals surface area contributed by atoms with Crippen LogP contribution in [0.15, 0.2) is 60.7 Å². The van der Waals surface area contributed by atoms with Crippen LogP contribution in [0.1, 0.15) is 24.5 Å². The van der Waals surface area contributed by atoms with Gasteiger partial charge in [-0.05, 0) is 24.5 Å². The van der Waals surface area contributed by atoms with Crippen molar-refractivity contribution in [3.63, 3.8) is 0 Å². The maximum absolute atomic E-state index is 12.3. The van der Waals surface area contributed by atoms with Crippen molar-refractivity contribution in [2.75, 3.05) is 19.6 Å². The molecule has 3 rings (SSSR count). The summed E-state index contributed by atoms with van der Waals surface area (Å²) in [6.45, 7) is 4.22. The number of carbonyl (C=O) groups excluding carboxylic acids is 2. The molecule has 1 heterocycles. The fraction of sp³-hybridized carbons (Fsp3) is 0.391. The third-order valence-corrected chi connectivity index (χ3v) is 4.94. The minimum Gasteiger partial charge on any atom is -0.445 e. The number of ether oxygens (including phenoxy) is 2. The monoisotopic (exact) mass is 411 g/mol. The van der Waals surface area contributed by atoms with E-state index in [-0.39, 0.29) is 31.4 Å². The molecule has 0 spiro atoms. The van der Waals surface area contributed by atoms with Crippen molar-refractivity contribution in [3.8, 4) is 0 Å². The molecule has 1 aliphatic heterocycles. The van der Waals surface area contributed by atoms with Crippen LogP contribution >= 0.6 is 0 Å². The number of carbonyl (C=O) groups is 2. The summed E-state index contributed by atoms with van der Waals surface area (Å²) in [5.74, 6) is 0. The summed E-state index contributed by atoms with van der Waals surface area (Å²) in [5.41, 5.74) is 1.92. The Morgan fingerprint density at radius 3 is 2.23 bits per heavy atom. The molecule has 1 saturated heterocycles. The van der Waals surface area contributed by atoms with Crippen LogP contribution < -0.4 is 10.6 Å². The number of nitrogens with one attached hydrogen (secondary N) is 2. The van der Waals surface area contributed by atoms with E-state index in [4.69, 9.17) is 9.47 Å². The van der Waals surface area contributed by atoms with Crippen molar-refractivity contribution in [1.82, 2.24) is 15.5 Å². The second-order valence-corrected chi connectivity index (χ2v) is 7.48. The zero-order valence-corrected chi connectivity index (χ0v) is 17.3. The topological polar surface area (TPSA) is 79.9 Å². The van der Waals surface area contributed by atoms with Crippen molar-refractivity contribution >= 4 is 12.2 Å². The van der Waals surface area contributed by atoms with Crippen molar-refractivity contribution < 1.29 is 19.1 Å². The fourth-order valence-corrected chi connectivity index (χ4v) is 3.34. The van der Waals surface area contributed by atoms with Crippen molar-refractivity contribution in [3.05, 3.63) is 71.8 Å². The van der Waals surface area contributed by atoms with E-state index in [0.717, 1.165) is 17.5 Å². The summed E-state index contributed by atoms with van der Waals surface area (Å²) in [6, 6.07) is 19.4. The van der Waals surface area contributed by atoms with Gasteiger partial charge in [0.1, 0.15) is 13.2 Å². The zero-order valence-electron chi connectivity index (χ0n) is 17.3. The van der Waals surface area contributed by atoms with E-state index in [2.05, 4.69) is 10.6 Å². The SMILES string of the molecule is C[C@H](CNC(=O)OCc1ccccc1)NC1CCN(C(=O)OCc2ccccc2)C1. The van der Waals surface area contributed by atoms with Gasteiger partial charge in [-0.25, -0.2) is 9.59 Å². The molecule has 1 unspecified atom stereocenters. The first kappa shape index (κ1) is 21.6. The van der Waals surface area contributed by atoms with E-state index >= 15 is 0 Å². The molecule has 1 aliphatic rings. The minimum absolute atomic E-state index is 0.0552. The molecule has 30 heavy (non-hydrogen) atoms. The van der Waals surface area contributed by atoms with Crippen molar-refractivity contribution in [2.24, 2.45) is 0 Å². The molecule has 2 aromatic rings. The second-order valence-electron chi connectivity index (χ2n) is 7.48. The fourth-order valence-electron chi connectivity index (χ4n) is 3.34. The van der Waals surface area contributed by atoms with E-state index in [1.54, 1.807) is 4.90 Å². The lowest BCUT2D eigenvalue weighted by Gasteiger charge is -2.20. The number of benzene rings is 2. The molecule has 2 aromatic carbocycles. The first-order valence-electron chi connectivity index (χ1n) is 10.3. The largest absolute Gasteiger partial charge is 0.445 e. The van der Waals surface area contributed by atoms with Gasteiger partial charge in [0, 0.05) is 31.7 Å². The Hall–Kier alpha value is -3.06. The molecule has 0 bridgehead atoms. The Morgan fingerprint density at radius 1 is 1.00 bits per heavy atom. The number of nitrogens with zero attached hydrogens (tertiary/aromatic N) is 1. The average molecular weight is 412 g/mol. The minimum atomic E-state index is -0.440. The molecule has 7 heteroatoms. The average Bonchev–Trinajstić information content (AvgIpc) is 3.24. The predicted molar refractivity (Wildman–Crippen MR) is 114 cm³/mol. The van der Waals surface area contributed by atoms with Gasteiger partial charge in [0.25, 0.3) is 0 Å². The normalized spacial score (nSPS) is 16.7. The predicted octanol–water partition coefficient (Wildman–Crippen LogP) is 3.30. The maximum atomic E-state index is 12.3. The molecule has 0 aromatic heterocycles. The van der Waals surface area contributed by atoms with Crippen LogP contribution in [0.25, 0.3) is 0 Å². The van der Waals surface area contributed by atoms with Crippen molar-refractivity contribution in [2.45, 2.75) is 38.6 Å². The lowest BCUT2D eigenvalue weighted by molar-refractivity contribution is 0.103. The van der Waals surface area contributed by atoms with Gasteiger partial charge in [-0.3, -0.25) is 0 Å². The van der Waals surface area contributed by atoms with Gasteiger partial charge >= 0.3 is 12.2 Å². The summed E-state index contributed by atoms with van der Waals surface area (Å²) in [5, 5.41) is 6.22. The highest BCUT2D eigenvalue weighted by Crippen LogP contribution is 2.12. The molecule has 0 radical (unpaired) electrons. The summed E-state index contributed by atoms with van der Waals surface area (Å²) in [7, 11) is 0. The Labute approximate surface area is 177 Å². The number of likely N-dealkylation sites (tertiary alicyclic amines) is 1. The third-order valence-electron chi connectivity index (χ3n) is 4.94. The molecule has 7 nitrogen and oxygen atoms in total. The van der Waals surface area contributed by atoms with E-state index < -0.39 is 6.09 Å². The molecule has 2 atom stereocenters. The van der Waals surface area contributed by atoms with Gasteiger partial charge < -0.3 is 25.0 Å². The van der Waals surface area contributed by atoms with Gasteiger partial charge in [0.05, 0.1) is 0 Å². The smallest absolute Gasteiger partial charge is 0.410 e. The van der Waals surface area contributed by atoms with E-state index in [9.17, 15) is 9.59 Å². The van der Waals surface area contributed by atoms with Crippen LogP contribution in [0.3, 0.4) is 0 Å². The molecule has 0 saturated carbocycles. The van der Waals surface area contributed by atoms with Crippen molar-refractivity contribution in [1.29, 1.82) is 0 Å². The standard InChI is InChI=1S/C23H29N3O4/c1-18(14-24-22(27)29-16-19-8-4-2-5-9-19)25-21-12-13-26(15-21)23(28)30-17-20-10-6-3-7-11-20/h2-11,18,21,25H,12-17H2,1H3,(H,24,27)/t18-,21?/m1/s1. The summed E-state index contributed by atoms with van der Waals surface area (Å²) in [4.78, 5) is 25.8. The van der Waals surface area contributed by atoms with Gasteiger partial charge in [0.2, 0.25) is 0 Å². The molecular formula is C23H29N3O4. The molecule has 160 valence electrons. The molecule has 2 N–H and O–H groups in total. The van der Waals surface area contributed by atoms with E-state index in [1.165, 1.54) is 0 Å². The van der Waals surface area contributed by atoms with Crippen LogP contribution in [0.5, 0.6) is 0 Å². The highest BCUT2D eigenvalue weighted by Gasteiger charge is 2.28. The summed E-state index contributed by atoms with van der Waals surface area (Å²) in [6.07, 6.45) is 0.118. The number of hydrogen-bond acceptors (Lipinski definition) is 5. The number of rotatable bonds is 8. The Balaban J connectivity index is 1.30. The quantitative estimate of drug-likeness (QED) is 0.697. The Morgan fingerprint density at radius 2 is 1.60 bits per heavy atom. The summed E-state index contributed by atoms with van der Waals surface area (Å²) < 4.78 is 10.6. The Bertz CT molecular complexity index is 801. The van der Waals surface area contributed by atoms with Crippen LogP contribution in [0.2, 0.25) is 0 Å². The highest BCUT2D eigenvalue weighted by atomic mass is 16.6. The summed E-state index contributed by atoms with van der Waals surface area (Å²) >= 11 is 0. The first-order chi connectivity index (χ1) is 14.6. The third kappa shape index (κ3) is 7.08.